The highest BCUT2D eigenvalue weighted by Gasteiger charge is 2.55. The zero-order chi connectivity index (χ0) is 21.6. The summed E-state index contributed by atoms with van der Waals surface area (Å²) in [5.74, 6) is 2.48. The third kappa shape index (κ3) is 3.58. The predicted octanol–water partition coefficient (Wildman–Crippen LogP) is 5.67. The lowest BCUT2D eigenvalue weighted by atomic mass is 9.53. The van der Waals surface area contributed by atoms with Gasteiger partial charge in [0.15, 0.2) is 5.82 Å². The SMILES string of the molecule is C=C1C[C@@H](CCC(=O)Nc2cccnn2)C2C3CCc4cc(F)ccc4C3CC[C@]12C. The van der Waals surface area contributed by atoms with Gasteiger partial charge in [-0.2, -0.15) is 5.10 Å². The molecule has 1 aromatic heterocycles. The van der Waals surface area contributed by atoms with Gasteiger partial charge in [0.1, 0.15) is 5.82 Å². The minimum Gasteiger partial charge on any atom is -0.309 e. The highest BCUT2D eigenvalue weighted by Crippen LogP contribution is 2.65. The molecule has 1 aromatic carbocycles. The zero-order valence-electron chi connectivity index (χ0n) is 18.1. The molecule has 5 heteroatoms. The Morgan fingerprint density at radius 3 is 3.00 bits per heavy atom. The van der Waals surface area contributed by atoms with Crippen molar-refractivity contribution in [1.82, 2.24) is 10.2 Å². The molecule has 2 aromatic rings. The number of carbonyl (C=O) groups excluding carboxylic acids is 1. The van der Waals surface area contributed by atoms with Crippen molar-refractivity contribution < 1.29 is 9.18 Å². The number of amides is 1. The van der Waals surface area contributed by atoms with Crippen LogP contribution in [0.25, 0.3) is 0 Å². The van der Waals surface area contributed by atoms with Crippen molar-refractivity contribution in [3.05, 3.63) is 65.6 Å². The Kier molecular flexibility index (Phi) is 5.15. The van der Waals surface area contributed by atoms with Crippen LogP contribution < -0.4 is 5.32 Å². The molecule has 1 heterocycles. The van der Waals surface area contributed by atoms with Crippen LogP contribution in [0, 0.1) is 29.0 Å². The summed E-state index contributed by atoms with van der Waals surface area (Å²) in [6.45, 7) is 6.88. The van der Waals surface area contributed by atoms with E-state index in [2.05, 4.69) is 29.0 Å². The highest BCUT2D eigenvalue weighted by atomic mass is 19.1. The van der Waals surface area contributed by atoms with Gasteiger partial charge in [-0.05, 0) is 103 Å². The number of nitrogens with zero attached hydrogens (tertiary/aromatic N) is 2. The summed E-state index contributed by atoms with van der Waals surface area (Å²) in [7, 11) is 0. The second-order valence-electron chi connectivity index (χ2n) is 9.90. The molecule has 0 radical (unpaired) electrons. The van der Waals surface area contributed by atoms with Crippen LogP contribution in [0.1, 0.15) is 62.5 Å². The summed E-state index contributed by atoms with van der Waals surface area (Å²) >= 11 is 0. The number of hydrogen-bond donors (Lipinski definition) is 1. The first kappa shape index (κ1) is 20.3. The molecular weight excluding hydrogens is 389 g/mol. The number of anilines is 1. The fraction of sp³-hybridized carbons (Fsp3) is 0.500. The fourth-order valence-electron chi connectivity index (χ4n) is 6.93. The molecule has 0 spiro atoms. The Morgan fingerprint density at radius 2 is 2.19 bits per heavy atom. The Balaban J connectivity index is 1.33. The van der Waals surface area contributed by atoms with Gasteiger partial charge in [0.25, 0.3) is 0 Å². The molecule has 1 N–H and O–H groups in total. The summed E-state index contributed by atoms with van der Waals surface area (Å²) < 4.78 is 13.8. The summed E-state index contributed by atoms with van der Waals surface area (Å²) in [5, 5.41) is 10.6. The fourth-order valence-corrected chi connectivity index (χ4v) is 6.93. The van der Waals surface area contributed by atoms with Crippen molar-refractivity contribution in [2.24, 2.45) is 23.2 Å². The number of aromatic nitrogens is 2. The number of halogens is 1. The third-order valence-electron chi connectivity index (χ3n) is 8.35. The van der Waals surface area contributed by atoms with Crippen molar-refractivity contribution in [3.63, 3.8) is 0 Å². The van der Waals surface area contributed by atoms with E-state index in [1.807, 2.05) is 6.07 Å². The minimum atomic E-state index is -0.126. The second-order valence-corrected chi connectivity index (χ2v) is 9.90. The number of benzene rings is 1. The number of allylic oxidation sites excluding steroid dienone is 1. The van der Waals surface area contributed by atoms with E-state index in [1.165, 1.54) is 16.7 Å². The van der Waals surface area contributed by atoms with Gasteiger partial charge in [-0.15, -0.1) is 5.10 Å². The van der Waals surface area contributed by atoms with Gasteiger partial charge in [-0.3, -0.25) is 4.79 Å². The lowest BCUT2D eigenvalue weighted by Crippen LogP contribution is -2.42. The molecule has 0 saturated heterocycles. The van der Waals surface area contributed by atoms with Crippen LogP contribution in [-0.2, 0) is 11.2 Å². The highest BCUT2D eigenvalue weighted by molar-refractivity contribution is 5.89. The average Bonchev–Trinajstić information content (AvgIpc) is 3.02. The van der Waals surface area contributed by atoms with Crippen LogP contribution in [0.3, 0.4) is 0 Å². The summed E-state index contributed by atoms with van der Waals surface area (Å²) in [6.07, 6.45) is 8.30. The molecular formula is C26H30FN3O. The van der Waals surface area contributed by atoms with Gasteiger partial charge in [-0.1, -0.05) is 25.1 Å². The van der Waals surface area contributed by atoms with Gasteiger partial charge in [0.2, 0.25) is 5.91 Å². The molecule has 3 aliphatic rings. The maximum Gasteiger partial charge on any atom is 0.225 e. The topological polar surface area (TPSA) is 54.9 Å². The summed E-state index contributed by atoms with van der Waals surface area (Å²) in [5.41, 5.74) is 4.07. The van der Waals surface area contributed by atoms with E-state index in [9.17, 15) is 9.18 Å². The molecule has 3 aliphatic carbocycles. The first-order valence-corrected chi connectivity index (χ1v) is 11.5. The molecule has 2 fully saturated rings. The van der Waals surface area contributed by atoms with Crippen molar-refractivity contribution in [2.45, 2.75) is 57.8 Å². The monoisotopic (exact) mass is 419 g/mol. The largest absolute Gasteiger partial charge is 0.309 e. The molecule has 5 atom stereocenters. The van der Waals surface area contributed by atoms with E-state index in [1.54, 1.807) is 30.5 Å². The molecule has 5 rings (SSSR count). The summed E-state index contributed by atoms with van der Waals surface area (Å²) in [6, 6.07) is 8.91. The number of nitrogens with one attached hydrogen (secondary N) is 1. The van der Waals surface area contributed by atoms with Crippen molar-refractivity contribution in [1.29, 1.82) is 0 Å². The van der Waals surface area contributed by atoms with E-state index in [4.69, 9.17) is 0 Å². The zero-order valence-corrected chi connectivity index (χ0v) is 18.1. The third-order valence-corrected chi connectivity index (χ3v) is 8.35. The molecule has 31 heavy (non-hydrogen) atoms. The van der Waals surface area contributed by atoms with E-state index >= 15 is 0 Å². The number of carbonyl (C=O) groups is 1. The maximum atomic E-state index is 13.8. The lowest BCUT2D eigenvalue weighted by Gasteiger charge is -2.51. The smallest absolute Gasteiger partial charge is 0.225 e. The Labute approximate surface area is 183 Å². The van der Waals surface area contributed by atoms with Crippen LogP contribution in [0.2, 0.25) is 0 Å². The van der Waals surface area contributed by atoms with E-state index in [-0.39, 0.29) is 17.1 Å². The Bertz CT molecular complexity index is 1010. The molecule has 0 bridgehead atoms. The quantitative estimate of drug-likeness (QED) is 0.649. The molecule has 4 nitrogen and oxygen atoms in total. The van der Waals surface area contributed by atoms with Crippen LogP contribution in [-0.4, -0.2) is 16.1 Å². The summed E-state index contributed by atoms with van der Waals surface area (Å²) in [4.78, 5) is 12.5. The average molecular weight is 420 g/mol. The van der Waals surface area contributed by atoms with E-state index in [0.29, 0.717) is 35.9 Å². The van der Waals surface area contributed by atoms with E-state index < -0.39 is 0 Å². The Morgan fingerprint density at radius 1 is 1.32 bits per heavy atom. The van der Waals surface area contributed by atoms with Gasteiger partial charge in [0, 0.05) is 12.6 Å². The molecule has 3 unspecified atom stereocenters. The molecule has 2 saturated carbocycles. The normalized spacial score (nSPS) is 31.5. The van der Waals surface area contributed by atoms with Crippen LogP contribution in [0.4, 0.5) is 10.2 Å². The lowest BCUT2D eigenvalue weighted by molar-refractivity contribution is -0.116. The maximum absolute atomic E-state index is 13.8. The molecule has 1 amide bonds. The van der Waals surface area contributed by atoms with Gasteiger partial charge in [0.05, 0.1) is 0 Å². The standard InChI is InChI=1S/C26H30FN3O/c1-16-14-18(6-10-24(31)29-23-4-3-13-28-30-23)25-22-8-5-17-15-19(27)7-9-20(17)21(22)11-12-26(16,25)2/h3-4,7,9,13,15,18,21-22,25H,1,5-6,8,10-12,14H2,2H3,(H,29,30,31)/t18-,21?,22?,25?,26-/m1/s1. The van der Waals surface area contributed by atoms with E-state index in [0.717, 1.165) is 38.5 Å². The predicted molar refractivity (Wildman–Crippen MR) is 119 cm³/mol. The number of fused-ring (bicyclic) bond motifs is 5. The van der Waals surface area contributed by atoms with Crippen LogP contribution in [0.5, 0.6) is 0 Å². The second kappa shape index (κ2) is 7.85. The Hall–Kier alpha value is -2.56. The number of aryl methyl sites for hydroxylation is 1. The van der Waals surface area contributed by atoms with Gasteiger partial charge >= 0.3 is 0 Å². The number of hydrogen-bond acceptors (Lipinski definition) is 3. The van der Waals surface area contributed by atoms with Crippen molar-refractivity contribution >= 4 is 11.7 Å². The molecule has 0 aliphatic heterocycles. The minimum absolute atomic E-state index is 0.00320. The van der Waals surface area contributed by atoms with Gasteiger partial charge in [-0.25, -0.2) is 4.39 Å². The van der Waals surface area contributed by atoms with Crippen LogP contribution in [0.15, 0.2) is 48.7 Å². The molecule has 162 valence electrons. The van der Waals surface area contributed by atoms with Crippen molar-refractivity contribution in [2.75, 3.05) is 5.32 Å². The van der Waals surface area contributed by atoms with Gasteiger partial charge < -0.3 is 5.32 Å². The number of rotatable bonds is 4. The van der Waals surface area contributed by atoms with Crippen LogP contribution >= 0.6 is 0 Å². The van der Waals surface area contributed by atoms with Crippen molar-refractivity contribution in [3.8, 4) is 0 Å². The first-order chi connectivity index (χ1) is 15.0. The first-order valence-electron chi connectivity index (χ1n) is 11.5.